The molecule has 4 nitrogen and oxygen atoms in total. The van der Waals surface area contributed by atoms with Crippen molar-refractivity contribution in [3.63, 3.8) is 0 Å². The summed E-state index contributed by atoms with van der Waals surface area (Å²) in [5.74, 6) is 1.58. The molecular weight excluding hydrogens is 300 g/mol. The van der Waals surface area contributed by atoms with Crippen molar-refractivity contribution in [1.29, 1.82) is 0 Å². The average Bonchev–Trinajstić information content (AvgIpc) is 3.00. The van der Waals surface area contributed by atoms with E-state index >= 15 is 0 Å². The van der Waals surface area contributed by atoms with Gasteiger partial charge in [-0.1, -0.05) is 18.2 Å². The van der Waals surface area contributed by atoms with Gasteiger partial charge in [0, 0.05) is 28.2 Å². The molecule has 0 saturated carbocycles. The van der Waals surface area contributed by atoms with Gasteiger partial charge >= 0.3 is 0 Å². The molecule has 4 heteroatoms. The van der Waals surface area contributed by atoms with Crippen LogP contribution in [0.3, 0.4) is 0 Å². The van der Waals surface area contributed by atoms with Gasteiger partial charge in [0.2, 0.25) is 0 Å². The molecule has 24 heavy (non-hydrogen) atoms. The smallest absolute Gasteiger partial charge is 0.123 e. The zero-order valence-electron chi connectivity index (χ0n) is 14.3. The third-order valence-electron chi connectivity index (χ3n) is 4.33. The summed E-state index contributed by atoms with van der Waals surface area (Å²) in [4.78, 5) is 3.57. The maximum Gasteiger partial charge on any atom is 0.123 e. The highest BCUT2D eigenvalue weighted by molar-refractivity contribution is 5.91. The van der Waals surface area contributed by atoms with E-state index in [2.05, 4.69) is 29.2 Å². The molecule has 0 fully saturated rings. The first kappa shape index (κ1) is 16.4. The lowest BCUT2D eigenvalue weighted by molar-refractivity contribution is 0.394. The average molecular weight is 324 g/mol. The van der Waals surface area contributed by atoms with Gasteiger partial charge in [-0.3, -0.25) is 0 Å². The fourth-order valence-corrected chi connectivity index (χ4v) is 3.10. The Balaban J connectivity index is 2.12. The molecule has 0 aliphatic heterocycles. The lowest BCUT2D eigenvalue weighted by Crippen LogP contribution is -1.99. The Kier molecular flexibility index (Phi) is 5.06. The summed E-state index contributed by atoms with van der Waals surface area (Å²) in [6, 6.07) is 14.4. The molecule has 3 N–H and O–H groups in total. The Morgan fingerprint density at radius 3 is 2.33 bits per heavy atom. The quantitative estimate of drug-likeness (QED) is 0.642. The van der Waals surface area contributed by atoms with Crippen LogP contribution < -0.4 is 15.2 Å². The standard InChI is InChI=1S/C20H24N2O2/c1-23-15-11-14(12-16(13-15)24-2)20-18(8-5-6-10-21)17-7-3-4-9-19(17)22-20/h3-4,7,9,11-13,22H,5-6,8,10,21H2,1-2H3. The van der Waals surface area contributed by atoms with Crippen molar-refractivity contribution >= 4 is 10.9 Å². The summed E-state index contributed by atoms with van der Waals surface area (Å²) in [6.07, 6.45) is 3.10. The maximum absolute atomic E-state index is 5.66. The fraction of sp³-hybridized carbons (Fsp3) is 0.300. The summed E-state index contributed by atoms with van der Waals surface area (Å²) in [5, 5.41) is 1.27. The first-order chi connectivity index (χ1) is 11.8. The minimum atomic E-state index is 0.727. The minimum Gasteiger partial charge on any atom is -0.497 e. The van der Waals surface area contributed by atoms with E-state index < -0.39 is 0 Å². The molecule has 0 aliphatic rings. The van der Waals surface area contributed by atoms with Gasteiger partial charge in [0.25, 0.3) is 0 Å². The number of aryl methyl sites for hydroxylation is 1. The molecule has 1 aromatic heterocycles. The van der Waals surface area contributed by atoms with Gasteiger partial charge in [-0.2, -0.15) is 0 Å². The number of H-pyrrole nitrogens is 1. The molecule has 2 aromatic carbocycles. The number of methoxy groups -OCH3 is 2. The van der Waals surface area contributed by atoms with E-state index in [1.807, 2.05) is 18.2 Å². The van der Waals surface area contributed by atoms with E-state index in [9.17, 15) is 0 Å². The van der Waals surface area contributed by atoms with Crippen molar-refractivity contribution < 1.29 is 9.47 Å². The van der Waals surface area contributed by atoms with Gasteiger partial charge in [-0.05, 0) is 49.6 Å². The lowest BCUT2D eigenvalue weighted by atomic mass is 10.00. The molecule has 3 aromatic rings. The highest BCUT2D eigenvalue weighted by Gasteiger charge is 2.14. The first-order valence-corrected chi connectivity index (χ1v) is 8.30. The number of unbranched alkanes of at least 4 members (excludes halogenated alkanes) is 1. The Labute approximate surface area is 142 Å². The van der Waals surface area contributed by atoms with E-state index in [0.29, 0.717) is 0 Å². The number of aromatic nitrogens is 1. The number of hydrogen-bond acceptors (Lipinski definition) is 3. The van der Waals surface area contributed by atoms with E-state index in [0.717, 1.165) is 54.1 Å². The Morgan fingerprint density at radius 1 is 0.958 bits per heavy atom. The zero-order valence-corrected chi connectivity index (χ0v) is 14.3. The molecule has 0 unspecified atom stereocenters. The van der Waals surface area contributed by atoms with Crippen molar-refractivity contribution in [3.8, 4) is 22.8 Å². The molecule has 3 rings (SSSR count). The second-order valence-corrected chi connectivity index (χ2v) is 5.87. The second kappa shape index (κ2) is 7.41. The maximum atomic E-state index is 5.66. The predicted octanol–water partition coefficient (Wildman–Crippen LogP) is 4.13. The van der Waals surface area contributed by atoms with Gasteiger partial charge in [0.1, 0.15) is 11.5 Å². The van der Waals surface area contributed by atoms with Crippen LogP contribution in [0.2, 0.25) is 0 Å². The van der Waals surface area contributed by atoms with Crippen molar-refractivity contribution in [2.24, 2.45) is 5.73 Å². The van der Waals surface area contributed by atoms with E-state index in [1.165, 1.54) is 10.9 Å². The Bertz CT molecular complexity index is 801. The third kappa shape index (κ3) is 3.24. The summed E-state index contributed by atoms with van der Waals surface area (Å²) in [5.41, 5.74) is 10.3. The van der Waals surface area contributed by atoms with Crippen LogP contribution in [0.25, 0.3) is 22.2 Å². The van der Waals surface area contributed by atoms with Gasteiger partial charge in [0.15, 0.2) is 0 Å². The molecule has 0 radical (unpaired) electrons. The largest absolute Gasteiger partial charge is 0.497 e. The first-order valence-electron chi connectivity index (χ1n) is 8.30. The number of fused-ring (bicyclic) bond motifs is 1. The molecule has 1 heterocycles. The molecule has 0 aliphatic carbocycles. The van der Waals surface area contributed by atoms with Gasteiger partial charge < -0.3 is 20.2 Å². The Hall–Kier alpha value is -2.46. The van der Waals surface area contributed by atoms with Gasteiger partial charge in [-0.25, -0.2) is 0 Å². The molecule has 0 atom stereocenters. The topological polar surface area (TPSA) is 60.3 Å². The van der Waals surface area contributed by atoms with E-state index in [1.54, 1.807) is 14.2 Å². The van der Waals surface area contributed by atoms with E-state index in [-0.39, 0.29) is 0 Å². The number of rotatable bonds is 7. The highest BCUT2D eigenvalue weighted by atomic mass is 16.5. The molecule has 126 valence electrons. The van der Waals surface area contributed by atoms with Crippen molar-refractivity contribution in [3.05, 3.63) is 48.0 Å². The van der Waals surface area contributed by atoms with Crippen LogP contribution in [-0.4, -0.2) is 25.7 Å². The van der Waals surface area contributed by atoms with Crippen LogP contribution in [0.4, 0.5) is 0 Å². The van der Waals surface area contributed by atoms with Crippen LogP contribution in [0.1, 0.15) is 18.4 Å². The summed E-state index contributed by atoms with van der Waals surface area (Å²) >= 11 is 0. The molecule has 0 saturated heterocycles. The molecule has 0 bridgehead atoms. The minimum absolute atomic E-state index is 0.727. The Morgan fingerprint density at radius 2 is 1.67 bits per heavy atom. The number of ether oxygens (including phenoxy) is 2. The fourth-order valence-electron chi connectivity index (χ4n) is 3.10. The second-order valence-electron chi connectivity index (χ2n) is 5.87. The normalized spacial score (nSPS) is 11.0. The van der Waals surface area contributed by atoms with Crippen LogP contribution >= 0.6 is 0 Å². The third-order valence-corrected chi connectivity index (χ3v) is 4.33. The lowest BCUT2D eigenvalue weighted by Gasteiger charge is -2.10. The zero-order chi connectivity index (χ0) is 16.9. The number of benzene rings is 2. The number of nitrogens with two attached hydrogens (primary N) is 1. The predicted molar refractivity (Wildman–Crippen MR) is 98.8 cm³/mol. The SMILES string of the molecule is COc1cc(OC)cc(-c2[nH]c3ccccc3c2CCCCN)c1. The molecular formula is C20H24N2O2. The highest BCUT2D eigenvalue weighted by Crippen LogP contribution is 2.35. The summed E-state index contributed by atoms with van der Waals surface area (Å²) in [7, 11) is 3.35. The van der Waals surface area contributed by atoms with Gasteiger partial charge in [-0.15, -0.1) is 0 Å². The van der Waals surface area contributed by atoms with Crippen molar-refractivity contribution in [2.75, 3.05) is 20.8 Å². The van der Waals surface area contributed by atoms with Crippen LogP contribution in [-0.2, 0) is 6.42 Å². The number of aromatic amines is 1. The van der Waals surface area contributed by atoms with Crippen LogP contribution in [0, 0.1) is 0 Å². The van der Waals surface area contributed by atoms with Crippen molar-refractivity contribution in [2.45, 2.75) is 19.3 Å². The number of hydrogen-bond donors (Lipinski definition) is 2. The van der Waals surface area contributed by atoms with Crippen molar-refractivity contribution in [1.82, 2.24) is 4.98 Å². The van der Waals surface area contributed by atoms with Crippen LogP contribution in [0.5, 0.6) is 11.5 Å². The molecule has 0 spiro atoms. The van der Waals surface area contributed by atoms with Crippen LogP contribution in [0.15, 0.2) is 42.5 Å². The molecule has 0 amide bonds. The number of para-hydroxylation sites is 1. The van der Waals surface area contributed by atoms with Gasteiger partial charge in [0.05, 0.1) is 14.2 Å². The number of nitrogens with one attached hydrogen (secondary N) is 1. The monoisotopic (exact) mass is 324 g/mol. The summed E-state index contributed by atoms with van der Waals surface area (Å²) in [6.45, 7) is 0.727. The summed E-state index contributed by atoms with van der Waals surface area (Å²) < 4.78 is 10.8. The van der Waals surface area contributed by atoms with E-state index in [4.69, 9.17) is 15.2 Å².